The topological polar surface area (TPSA) is 74.7 Å². The maximum absolute atomic E-state index is 9.05. The second kappa shape index (κ2) is 5.47. The Morgan fingerprint density at radius 3 is 2.81 bits per heavy atom. The lowest BCUT2D eigenvalue weighted by atomic mass is 10.1. The molecule has 0 amide bonds. The van der Waals surface area contributed by atoms with E-state index >= 15 is 0 Å². The number of pyridine rings is 1. The fraction of sp³-hybridized carbons (Fsp3) is 0.500. The van der Waals surface area contributed by atoms with Crippen LogP contribution >= 0.6 is 0 Å². The molecule has 0 fully saturated rings. The lowest BCUT2D eigenvalue weighted by Gasteiger charge is -2.14. The minimum absolute atomic E-state index is 0.111. The van der Waals surface area contributed by atoms with Crippen LogP contribution in [0.15, 0.2) is 6.07 Å². The Morgan fingerprint density at radius 1 is 1.56 bits per heavy atom. The molecule has 0 aromatic carbocycles. The normalized spacial score (nSPS) is 11.9. The number of nitrogens with one attached hydrogen (secondary N) is 1. The van der Waals surface area contributed by atoms with Crippen LogP contribution < -0.4 is 11.1 Å². The highest BCUT2D eigenvalue weighted by Gasteiger charge is 2.08. The summed E-state index contributed by atoms with van der Waals surface area (Å²) in [5, 5.41) is 12.3. The summed E-state index contributed by atoms with van der Waals surface area (Å²) in [5.41, 5.74) is 8.93. The van der Waals surface area contributed by atoms with E-state index in [0.29, 0.717) is 12.1 Å². The molecular weight excluding hydrogens is 200 g/mol. The second-order valence-electron chi connectivity index (χ2n) is 3.93. The van der Waals surface area contributed by atoms with E-state index in [1.807, 2.05) is 26.8 Å². The molecule has 0 aliphatic carbocycles. The maximum Gasteiger partial charge on any atom is 0.103 e. The Labute approximate surface area is 96.5 Å². The molecule has 0 spiro atoms. The summed E-state index contributed by atoms with van der Waals surface area (Å²) >= 11 is 0. The van der Waals surface area contributed by atoms with Gasteiger partial charge in [-0.2, -0.15) is 5.26 Å². The van der Waals surface area contributed by atoms with E-state index in [1.54, 1.807) is 0 Å². The largest absolute Gasteiger partial charge is 0.382 e. The molecule has 1 heterocycles. The zero-order chi connectivity index (χ0) is 12.1. The number of anilines is 1. The molecule has 0 bridgehead atoms. The summed E-state index contributed by atoms with van der Waals surface area (Å²) < 4.78 is 0. The van der Waals surface area contributed by atoms with Gasteiger partial charge in [0, 0.05) is 18.3 Å². The Kier molecular flexibility index (Phi) is 4.27. The SMILES string of the molecule is CCC(N)CNc1cc(C)nc(C)c1C#N. The van der Waals surface area contributed by atoms with Gasteiger partial charge in [0.25, 0.3) is 0 Å². The van der Waals surface area contributed by atoms with Crippen molar-refractivity contribution in [2.75, 3.05) is 11.9 Å². The Bertz CT molecular complexity index is 406. The molecule has 0 radical (unpaired) electrons. The third-order valence-electron chi connectivity index (χ3n) is 2.52. The van der Waals surface area contributed by atoms with Gasteiger partial charge in [0.2, 0.25) is 0 Å². The Morgan fingerprint density at radius 2 is 2.25 bits per heavy atom. The van der Waals surface area contributed by atoms with Crippen LogP contribution in [0.4, 0.5) is 5.69 Å². The number of rotatable bonds is 4. The first-order valence-electron chi connectivity index (χ1n) is 5.46. The van der Waals surface area contributed by atoms with Crippen molar-refractivity contribution in [3.8, 4) is 6.07 Å². The number of nitrogens with zero attached hydrogens (tertiary/aromatic N) is 2. The van der Waals surface area contributed by atoms with Gasteiger partial charge in [-0.05, 0) is 26.3 Å². The molecule has 86 valence electrons. The number of aromatic nitrogens is 1. The summed E-state index contributed by atoms with van der Waals surface area (Å²) in [4.78, 5) is 4.26. The fourth-order valence-corrected chi connectivity index (χ4v) is 1.49. The monoisotopic (exact) mass is 218 g/mol. The van der Waals surface area contributed by atoms with Gasteiger partial charge in [0.1, 0.15) is 6.07 Å². The van der Waals surface area contributed by atoms with Crippen molar-refractivity contribution in [2.45, 2.75) is 33.2 Å². The molecule has 1 rings (SSSR count). The first-order chi connectivity index (χ1) is 7.58. The van der Waals surface area contributed by atoms with Gasteiger partial charge in [-0.1, -0.05) is 6.92 Å². The van der Waals surface area contributed by atoms with E-state index in [0.717, 1.165) is 23.5 Å². The number of nitrogens with two attached hydrogens (primary N) is 1. The van der Waals surface area contributed by atoms with Crippen molar-refractivity contribution in [3.05, 3.63) is 23.0 Å². The first-order valence-corrected chi connectivity index (χ1v) is 5.46. The van der Waals surface area contributed by atoms with E-state index in [2.05, 4.69) is 16.4 Å². The van der Waals surface area contributed by atoms with E-state index in [1.165, 1.54) is 0 Å². The molecular formula is C12H18N4. The zero-order valence-electron chi connectivity index (χ0n) is 10.0. The fourth-order valence-electron chi connectivity index (χ4n) is 1.49. The summed E-state index contributed by atoms with van der Waals surface area (Å²) in [5.74, 6) is 0. The molecule has 1 aromatic heterocycles. The Balaban J connectivity index is 2.91. The average molecular weight is 218 g/mol. The van der Waals surface area contributed by atoms with Crippen molar-refractivity contribution < 1.29 is 0 Å². The van der Waals surface area contributed by atoms with Crippen LogP contribution in [0.1, 0.15) is 30.3 Å². The lowest BCUT2D eigenvalue weighted by molar-refractivity contribution is 0.679. The van der Waals surface area contributed by atoms with E-state index in [-0.39, 0.29) is 6.04 Å². The average Bonchev–Trinajstić information content (AvgIpc) is 2.25. The molecule has 0 saturated carbocycles. The van der Waals surface area contributed by atoms with Gasteiger partial charge in [-0.3, -0.25) is 4.98 Å². The summed E-state index contributed by atoms with van der Waals surface area (Å²) in [7, 11) is 0. The summed E-state index contributed by atoms with van der Waals surface area (Å²) in [6, 6.07) is 4.16. The van der Waals surface area contributed by atoms with Gasteiger partial charge in [0.15, 0.2) is 0 Å². The summed E-state index contributed by atoms with van der Waals surface area (Å²) in [6.45, 7) is 6.48. The highest BCUT2D eigenvalue weighted by atomic mass is 14.9. The predicted molar refractivity (Wildman–Crippen MR) is 65.2 cm³/mol. The van der Waals surface area contributed by atoms with Gasteiger partial charge in [-0.25, -0.2) is 0 Å². The third-order valence-corrected chi connectivity index (χ3v) is 2.52. The van der Waals surface area contributed by atoms with Gasteiger partial charge >= 0.3 is 0 Å². The van der Waals surface area contributed by atoms with Gasteiger partial charge in [-0.15, -0.1) is 0 Å². The highest BCUT2D eigenvalue weighted by molar-refractivity contribution is 5.59. The number of aryl methyl sites for hydroxylation is 2. The quantitative estimate of drug-likeness (QED) is 0.807. The molecule has 0 saturated heterocycles. The Hall–Kier alpha value is -1.60. The number of hydrogen-bond donors (Lipinski definition) is 2. The van der Waals surface area contributed by atoms with Crippen LogP contribution in [0.5, 0.6) is 0 Å². The minimum atomic E-state index is 0.111. The number of nitriles is 1. The van der Waals surface area contributed by atoms with Crippen molar-refractivity contribution >= 4 is 5.69 Å². The van der Waals surface area contributed by atoms with Crippen molar-refractivity contribution in [1.82, 2.24) is 4.98 Å². The molecule has 0 aliphatic rings. The van der Waals surface area contributed by atoms with Crippen LogP contribution in [0.25, 0.3) is 0 Å². The molecule has 1 aromatic rings. The van der Waals surface area contributed by atoms with Crippen LogP contribution in [-0.2, 0) is 0 Å². The first kappa shape index (κ1) is 12.5. The van der Waals surface area contributed by atoms with E-state index in [9.17, 15) is 0 Å². The van der Waals surface area contributed by atoms with E-state index in [4.69, 9.17) is 11.0 Å². The van der Waals surface area contributed by atoms with Crippen molar-refractivity contribution in [1.29, 1.82) is 5.26 Å². The molecule has 4 heteroatoms. The summed E-state index contributed by atoms with van der Waals surface area (Å²) in [6.07, 6.45) is 0.915. The maximum atomic E-state index is 9.05. The lowest BCUT2D eigenvalue weighted by Crippen LogP contribution is -2.28. The smallest absolute Gasteiger partial charge is 0.103 e. The molecule has 3 N–H and O–H groups in total. The van der Waals surface area contributed by atoms with Gasteiger partial charge in [0.05, 0.1) is 16.9 Å². The standard InChI is InChI=1S/C12H18N4/c1-4-10(14)7-15-12-5-8(2)16-9(3)11(12)6-13/h5,10H,4,7,14H2,1-3H3,(H,15,16). The van der Waals surface area contributed by atoms with Gasteiger partial charge < -0.3 is 11.1 Å². The zero-order valence-corrected chi connectivity index (χ0v) is 10.0. The molecule has 1 atom stereocenters. The second-order valence-corrected chi connectivity index (χ2v) is 3.93. The van der Waals surface area contributed by atoms with Crippen LogP contribution in [0.2, 0.25) is 0 Å². The molecule has 0 aliphatic heterocycles. The van der Waals surface area contributed by atoms with E-state index < -0.39 is 0 Å². The van der Waals surface area contributed by atoms with Crippen LogP contribution in [0.3, 0.4) is 0 Å². The van der Waals surface area contributed by atoms with Crippen LogP contribution in [0, 0.1) is 25.2 Å². The number of hydrogen-bond acceptors (Lipinski definition) is 4. The van der Waals surface area contributed by atoms with Crippen LogP contribution in [-0.4, -0.2) is 17.6 Å². The third kappa shape index (κ3) is 2.94. The van der Waals surface area contributed by atoms with Crippen molar-refractivity contribution in [2.24, 2.45) is 5.73 Å². The molecule has 16 heavy (non-hydrogen) atoms. The molecule has 1 unspecified atom stereocenters. The molecule has 4 nitrogen and oxygen atoms in total. The van der Waals surface area contributed by atoms with Crippen molar-refractivity contribution in [3.63, 3.8) is 0 Å². The predicted octanol–water partition coefficient (Wildman–Crippen LogP) is 1.72. The highest BCUT2D eigenvalue weighted by Crippen LogP contribution is 2.18. The minimum Gasteiger partial charge on any atom is -0.382 e.